The molecule has 1 aromatic rings. The fourth-order valence-electron chi connectivity index (χ4n) is 1.57. The number of hydrogen-bond donors (Lipinski definition) is 3. The van der Waals surface area contributed by atoms with Gasteiger partial charge in [0.2, 0.25) is 0 Å². The molecular weight excluding hydrogens is 280 g/mol. The SMILES string of the molecule is CCOCCCNS(=O)(=O)c1[nH]ncc1CNC(C)C. The van der Waals surface area contributed by atoms with Crippen molar-refractivity contribution in [2.24, 2.45) is 0 Å². The van der Waals surface area contributed by atoms with Crippen molar-refractivity contribution in [3.05, 3.63) is 11.8 Å². The minimum atomic E-state index is -3.55. The molecule has 0 amide bonds. The quantitative estimate of drug-likeness (QED) is 0.551. The molecule has 7 nitrogen and oxygen atoms in total. The van der Waals surface area contributed by atoms with Gasteiger partial charge in [-0.15, -0.1) is 0 Å². The van der Waals surface area contributed by atoms with Crippen LogP contribution in [0.25, 0.3) is 0 Å². The van der Waals surface area contributed by atoms with Gasteiger partial charge in [0, 0.05) is 37.9 Å². The summed E-state index contributed by atoms with van der Waals surface area (Å²) in [4.78, 5) is 0. The fourth-order valence-corrected chi connectivity index (χ4v) is 2.77. The highest BCUT2D eigenvalue weighted by atomic mass is 32.2. The number of nitrogens with zero attached hydrogens (tertiary/aromatic N) is 1. The van der Waals surface area contributed by atoms with Gasteiger partial charge in [-0.05, 0) is 13.3 Å². The molecule has 0 spiro atoms. The Hall–Kier alpha value is -0.960. The first-order valence-electron chi connectivity index (χ1n) is 6.80. The molecule has 116 valence electrons. The minimum Gasteiger partial charge on any atom is -0.382 e. The van der Waals surface area contributed by atoms with Gasteiger partial charge in [0.05, 0.1) is 6.20 Å². The minimum absolute atomic E-state index is 0.127. The molecule has 0 saturated carbocycles. The maximum Gasteiger partial charge on any atom is 0.257 e. The summed E-state index contributed by atoms with van der Waals surface area (Å²) in [5, 5.41) is 9.66. The van der Waals surface area contributed by atoms with Gasteiger partial charge in [-0.2, -0.15) is 5.10 Å². The van der Waals surface area contributed by atoms with E-state index in [-0.39, 0.29) is 11.1 Å². The number of H-pyrrole nitrogens is 1. The highest BCUT2D eigenvalue weighted by Crippen LogP contribution is 2.11. The number of sulfonamides is 1. The molecule has 0 bridgehead atoms. The van der Waals surface area contributed by atoms with Crippen molar-refractivity contribution in [2.75, 3.05) is 19.8 Å². The zero-order valence-corrected chi connectivity index (χ0v) is 13.1. The van der Waals surface area contributed by atoms with Crippen molar-refractivity contribution >= 4 is 10.0 Å². The van der Waals surface area contributed by atoms with E-state index >= 15 is 0 Å². The Morgan fingerprint density at radius 2 is 2.20 bits per heavy atom. The molecule has 0 aromatic carbocycles. The van der Waals surface area contributed by atoms with E-state index in [1.165, 1.54) is 6.20 Å². The Kier molecular flexibility index (Phi) is 7.14. The van der Waals surface area contributed by atoms with Crippen molar-refractivity contribution < 1.29 is 13.2 Å². The Bertz CT molecular complexity index is 485. The van der Waals surface area contributed by atoms with Gasteiger partial charge in [0.15, 0.2) is 5.03 Å². The van der Waals surface area contributed by atoms with Gasteiger partial charge in [-0.25, -0.2) is 13.1 Å². The van der Waals surface area contributed by atoms with E-state index in [4.69, 9.17) is 4.74 Å². The molecule has 1 aromatic heterocycles. The zero-order valence-electron chi connectivity index (χ0n) is 12.3. The Labute approximate surface area is 120 Å². The molecule has 0 aliphatic heterocycles. The lowest BCUT2D eigenvalue weighted by Crippen LogP contribution is -2.28. The van der Waals surface area contributed by atoms with Gasteiger partial charge in [-0.1, -0.05) is 13.8 Å². The standard InChI is InChI=1S/C12H24N4O3S/c1-4-19-7-5-6-15-20(17,18)12-11(9-14-16-12)8-13-10(2)3/h9-10,13,15H,4-8H2,1-3H3,(H,14,16). The van der Waals surface area contributed by atoms with Crippen LogP contribution in [0.5, 0.6) is 0 Å². The van der Waals surface area contributed by atoms with Crippen LogP contribution in [0.2, 0.25) is 0 Å². The molecule has 0 fully saturated rings. The van der Waals surface area contributed by atoms with Crippen molar-refractivity contribution in [1.29, 1.82) is 0 Å². The largest absolute Gasteiger partial charge is 0.382 e. The van der Waals surface area contributed by atoms with Crippen LogP contribution in [-0.2, 0) is 21.3 Å². The summed E-state index contributed by atoms with van der Waals surface area (Å²) in [7, 11) is -3.55. The van der Waals surface area contributed by atoms with Crippen molar-refractivity contribution in [3.8, 4) is 0 Å². The van der Waals surface area contributed by atoms with Gasteiger partial charge >= 0.3 is 0 Å². The molecule has 1 rings (SSSR count). The molecule has 8 heteroatoms. The van der Waals surface area contributed by atoms with E-state index in [9.17, 15) is 8.42 Å². The van der Waals surface area contributed by atoms with E-state index in [0.717, 1.165) is 0 Å². The van der Waals surface area contributed by atoms with Crippen LogP contribution >= 0.6 is 0 Å². The van der Waals surface area contributed by atoms with E-state index in [1.54, 1.807) is 0 Å². The highest BCUT2D eigenvalue weighted by Gasteiger charge is 2.20. The van der Waals surface area contributed by atoms with Crippen LogP contribution in [0, 0.1) is 0 Å². The number of ether oxygens (including phenoxy) is 1. The topological polar surface area (TPSA) is 96.1 Å². The lowest BCUT2D eigenvalue weighted by Gasteiger charge is -2.09. The van der Waals surface area contributed by atoms with Gasteiger partial charge in [-0.3, -0.25) is 5.10 Å². The first-order valence-corrected chi connectivity index (χ1v) is 8.28. The summed E-state index contributed by atoms with van der Waals surface area (Å²) in [5.41, 5.74) is 0.635. The summed E-state index contributed by atoms with van der Waals surface area (Å²) in [5.74, 6) is 0. The Morgan fingerprint density at radius 3 is 2.85 bits per heavy atom. The number of aromatic nitrogens is 2. The van der Waals surface area contributed by atoms with E-state index in [2.05, 4.69) is 20.2 Å². The predicted octanol–water partition coefficient (Wildman–Crippen LogP) is 0.613. The Morgan fingerprint density at radius 1 is 1.45 bits per heavy atom. The number of hydrogen-bond acceptors (Lipinski definition) is 5. The number of aromatic amines is 1. The molecule has 0 unspecified atom stereocenters. The number of rotatable bonds is 10. The second-order valence-electron chi connectivity index (χ2n) is 4.71. The molecule has 1 heterocycles. The third-order valence-electron chi connectivity index (χ3n) is 2.61. The maximum absolute atomic E-state index is 12.1. The van der Waals surface area contributed by atoms with Crippen LogP contribution < -0.4 is 10.0 Å². The third-order valence-corrected chi connectivity index (χ3v) is 4.08. The highest BCUT2D eigenvalue weighted by molar-refractivity contribution is 7.89. The number of nitrogens with one attached hydrogen (secondary N) is 3. The van der Waals surface area contributed by atoms with Gasteiger partial charge in [0.25, 0.3) is 10.0 Å². The van der Waals surface area contributed by atoms with E-state index < -0.39 is 10.0 Å². The second-order valence-corrected chi connectivity index (χ2v) is 6.41. The van der Waals surface area contributed by atoms with Crippen LogP contribution in [0.1, 0.15) is 32.8 Å². The van der Waals surface area contributed by atoms with Gasteiger partial charge in [0.1, 0.15) is 0 Å². The molecule has 0 radical (unpaired) electrons. The molecule has 0 saturated heterocycles. The Balaban J connectivity index is 2.56. The lowest BCUT2D eigenvalue weighted by atomic mass is 10.3. The summed E-state index contributed by atoms with van der Waals surface area (Å²) < 4.78 is 32.0. The maximum atomic E-state index is 12.1. The second kappa shape index (κ2) is 8.35. The van der Waals surface area contributed by atoms with Gasteiger partial charge < -0.3 is 10.1 Å². The molecule has 0 atom stereocenters. The van der Waals surface area contributed by atoms with Crippen LogP contribution in [0.4, 0.5) is 0 Å². The van der Waals surface area contributed by atoms with Crippen molar-refractivity contribution in [1.82, 2.24) is 20.2 Å². The van der Waals surface area contributed by atoms with Crippen LogP contribution in [0.15, 0.2) is 11.2 Å². The van der Waals surface area contributed by atoms with Crippen LogP contribution in [0.3, 0.4) is 0 Å². The van der Waals surface area contributed by atoms with Crippen molar-refractivity contribution in [3.63, 3.8) is 0 Å². The summed E-state index contributed by atoms with van der Waals surface area (Å²) in [6, 6.07) is 0.277. The average Bonchev–Trinajstić information content (AvgIpc) is 2.85. The smallest absolute Gasteiger partial charge is 0.257 e. The summed E-state index contributed by atoms with van der Waals surface area (Å²) >= 11 is 0. The van der Waals surface area contributed by atoms with E-state index in [1.807, 2.05) is 20.8 Å². The summed E-state index contributed by atoms with van der Waals surface area (Å²) in [6.07, 6.45) is 2.17. The monoisotopic (exact) mass is 304 g/mol. The normalized spacial score (nSPS) is 12.2. The lowest BCUT2D eigenvalue weighted by molar-refractivity contribution is 0.146. The molecule has 20 heavy (non-hydrogen) atoms. The first-order chi connectivity index (χ1) is 9.47. The first kappa shape index (κ1) is 17.1. The third kappa shape index (κ3) is 5.58. The molecule has 0 aliphatic rings. The fraction of sp³-hybridized carbons (Fsp3) is 0.750. The van der Waals surface area contributed by atoms with Crippen molar-refractivity contribution in [2.45, 2.75) is 44.8 Å². The molecule has 0 aliphatic carbocycles. The average molecular weight is 304 g/mol. The van der Waals surface area contributed by atoms with E-state index in [0.29, 0.717) is 38.3 Å². The summed E-state index contributed by atoms with van der Waals surface area (Å²) in [6.45, 7) is 7.90. The predicted molar refractivity (Wildman–Crippen MR) is 76.9 cm³/mol. The molecular formula is C12H24N4O3S. The van der Waals surface area contributed by atoms with Crippen LogP contribution in [-0.4, -0.2) is 44.4 Å². The molecule has 3 N–H and O–H groups in total. The zero-order chi connectivity index (χ0) is 15.0.